The van der Waals surface area contributed by atoms with Crippen molar-refractivity contribution in [3.05, 3.63) is 96.1 Å². The molecule has 2 aromatic heterocycles. The third-order valence-electron chi connectivity index (χ3n) is 5.84. The van der Waals surface area contributed by atoms with Gasteiger partial charge >= 0.3 is 0 Å². The summed E-state index contributed by atoms with van der Waals surface area (Å²) in [7, 11) is 0. The molecule has 6 heteroatoms. The number of likely N-dealkylation sites (tertiary alicyclic amines) is 1. The number of piperidine rings is 1. The van der Waals surface area contributed by atoms with Crippen LogP contribution in [0.25, 0.3) is 11.7 Å². The first kappa shape index (κ1) is 19.3. The fourth-order valence-electron chi connectivity index (χ4n) is 4.20. The smallest absolute Gasteiger partial charge is 0.283 e. The van der Waals surface area contributed by atoms with E-state index in [4.69, 9.17) is 8.83 Å². The number of carbonyl (C=O) groups excluding carboxylic acids is 1. The van der Waals surface area contributed by atoms with E-state index in [1.54, 1.807) is 18.4 Å². The number of hydrogen-bond acceptors (Lipinski definition) is 5. The minimum absolute atomic E-state index is 0.137. The highest BCUT2D eigenvalue weighted by Crippen LogP contribution is 2.32. The van der Waals surface area contributed by atoms with Crippen molar-refractivity contribution in [3.63, 3.8) is 0 Å². The second-order valence-corrected chi connectivity index (χ2v) is 7.78. The lowest BCUT2D eigenvalue weighted by Gasteiger charge is -2.33. The van der Waals surface area contributed by atoms with Gasteiger partial charge in [0.1, 0.15) is 0 Å². The third-order valence-corrected chi connectivity index (χ3v) is 5.84. The molecule has 0 N–H and O–H groups in total. The minimum Gasteiger partial charge on any atom is -0.459 e. The predicted molar refractivity (Wildman–Crippen MR) is 115 cm³/mol. The topological polar surface area (TPSA) is 72.4 Å². The van der Waals surface area contributed by atoms with Crippen molar-refractivity contribution in [1.29, 1.82) is 0 Å². The zero-order chi connectivity index (χ0) is 21.0. The van der Waals surface area contributed by atoms with Gasteiger partial charge in [0, 0.05) is 19.0 Å². The van der Waals surface area contributed by atoms with E-state index in [2.05, 4.69) is 10.2 Å². The van der Waals surface area contributed by atoms with Gasteiger partial charge in [-0.05, 0) is 36.1 Å². The van der Waals surface area contributed by atoms with Crippen LogP contribution in [0.15, 0.2) is 87.9 Å². The molecule has 5 rings (SSSR count). The van der Waals surface area contributed by atoms with Gasteiger partial charge in [0.05, 0.1) is 12.2 Å². The Kier molecular flexibility index (Phi) is 5.35. The van der Waals surface area contributed by atoms with Crippen molar-refractivity contribution in [1.82, 2.24) is 15.1 Å². The number of benzene rings is 2. The summed E-state index contributed by atoms with van der Waals surface area (Å²) in [6.45, 7) is 1.33. The van der Waals surface area contributed by atoms with Gasteiger partial charge in [0.2, 0.25) is 11.8 Å². The van der Waals surface area contributed by atoms with E-state index in [0.717, 1.165) is 24.0 Å². The van der Waals surface area contributed by atoms with Gasteiger partial charge in [-0.2, -0.15) is 0 Å². The van der Waals surface area contributed by atoms with E-state index in [1.807, 2.05) is 65.6 Å². The van der Waals surface area contributed by atoms with Crippen LogP contribution in [-0.2, 0) is 4.79 Å². The van der Waals surface area contributed by atoms with Crippen LogP contribution in [0.4, 0.5) is 0 Å². The number of amides is 1. The van der Waals surface area contributed by atoms with E-state index < -0.39 is 0 Å². The number of hydrogen-bond donors (Lipinski definition) is 0. The Morgan fingerprint density at radius 2 is 1.52 bits per heavy atom. The van der Waals surface area contributed by atoms with Crippen LogP contribution >= 0.6 is 0 Å². The Labute approximate surface area is 180 Å². The van der Waals surface area contributed by atoms with Crippen LogP contribution in [0, 0.1) is 0 Å². The Bertz CT molecular complexity index is 1080. The van der Waals surface area contributed by atoms with Gasteiger partial charge in [-0.25, -0.2) is 0 Å². The summed E-state index contributed by atoms with van der Waals surface area (Å²) in [5.41, 5.74) is 2.03. The maximum absolute atomic E-state index is 13.6. The number of nitrogens with zero attached hydrogens (tertiary/aromatic N) is 3. The Balaban J connectivity index is 1.30. The average molecular weight is 413 g/mol. The zero-order valence-electron chi connectivity index (χ0n) is 17.1. The molecule has 6 nitrogen and oxygen atoms in total. The molecule has 0 unspecified atom stereocenters. The van der Waals surface area contributed by atoms with Gasteiger partial charge in [0.25, 0.3) is 5.89 Å². The van der Waals surface area contributed by atoms with Gasteiger partial charge in [0.15, 0.2) is 5.76 Å². The molecule has 31 heavy (non-hydrogen) atoms. The fraction of sp³-hybridized carbons (Fsp3) is 0.240. The number of carbonyl (C=O) groups is 1. The fourth-order valence-corrected chi connectivity index (χ4v) is 4.20. The van der Waals surface area contributed by atoms with Crippen LogP contribution < -0.4 is 0 Å². The Morgan fingerprint density at radius 1 is 0.871 bits per heavy atom. The average Bonchev–Trinajstić information content (AvgIpc) is 3.53. The third kappa shape index (κ3) is 4.01. The largest absolute Gasteiger partial charge is 0.459 e. The normalized spacial score (nSPS) is 14.8. The molecule has 0 spiro atoms. The van der Waals surface area contributed by atoms with Gasteiger partial charge in [-0.1, -0.05) is 60.7 Å². The quantitative estimate of drug-likeness (QED) is 0.467. The van der Waals surface area contributed by atoms with Crippen molar-refractivity contribution in [2.45, 2.75) is 24.7 Å². The molecule has 2 aromatic carbocycles. The van der Waals surface area contributed by atoms with E-state index in [9.17, 15) is 4.79 Å². The van der Waals surface area contributed by atoms with Crippen LogP contribution in [0.1, 0.15) is 41.7 Å². The highest BCUT2D eigenvalue weighted by atomic mass is 16.4. The van der Waals surface area contributed by atoms with E-state index in [0.29, 0.717) is 30.6 Å². The van der Waals surface area contributed by atoms with Crippen LogP contribution in [0.3, 0.4) is 0 Å². The molecule has 4 aromatic rings. The van der Waals surface area contributed by atoms with Crippen molar-refractivity contribution < 1.29 is 13.6 Å². The zero-order valence-corrected chi connectivity index (χ0v) is 17.1. The highest BCUT2D eigenvalue weighted by Gasteiger charge is 2.32. The van der Waals surface area contributed by atoms with E-state index >= 15 is 0 Å². The van der Waals surface area contributed by atoms with Crippen molar-refractivity contribution in [2.75, 3.05) is 13.1 Å². The molecule has 0 bridgehead atoms. The maximum atomic E-state index is 13.6. The summed E-state index contributed by atoms with van der Waals surface area (Å²) in [4.78, 5) is 15.5. The van der Waals surface area contributed by atoms with Gasteiger partial charge in [-0.3, -0.25) is 4.79 Å². The first-order valence-corrected chi connectivity index (χ1v) is 10.6. The molecule has 1 aliphatic heterocycles. The number of aromatic nitrogens is 2. The Morgan fingerprint density at radius 3 is 2.10 bits per heavy atom. The molecule has 1 aliphatic rings. The minimum atomic E-state index is -0.298. The van der Waals surface area contributed by atoms with Gasteiger partial charge in [-0.15, -0.1) is 10.2 Å². The molecule has 3 heterocycles. The van der Waals surface area contributed by atoms with Crippen molar-refractivity contribution in [2.24, 2.45) is 0 Å². The summed E-state index contributed by atoms with van der Waals surface area (Å²) < 4.78 is 11.2. The molecular formula is C25H23N3O3. The first-order valence-electron chi connectivity index (χ1n) is 10.6. The molecule has 156 valence electrons. The Hall–Kier alpha value is -3.67. The van der Waals surface area contributed by atoms with Crippen LogP contribution in [0.5, 0.6) is 0 Å². The maximum Gasteiger partial charge on any atom is 0.283 e. The number of rotatable bonds is 5. The second-order valence-electron chi connectivity index (χ2n) is 7.78. The van der Waals surface area contributed by atoms with Crippen molar-refractivity contribution >= 4 is 5.91 Å². The van der Waals surface area contributed by atoms with Gasteiger partial charge < -0.3 is 13.7 Å². The predicted octanol–water partition coefficient (Wildman–Crippen LogP) is 4.87. The first-order chi connectivity index (χ1) is 15.3. The molecular weight excluding hydrogens is 390 g/mol. The lowest BCUT2D eigenvalue weighted by Crippen LogP contribution is -2.41. The molecule has 0 atom stereocenters. The number of furan rings is 1. The highest BCUT2D eigenvalue weighted by molar-refractivity contribution is 5.87. The molecule has 1 saturated heterocycles. The van der Waals surface area contributed by atoms with E-state index in [-0.39, 0.29) is 17.7 Å². The second kappa shape index (κ2) is 8.60. The molecule has 1 amide bonds. The summed E-state index contributed by atoms with van der Waals surface area (Å²) in [5, 5.41) is 8.32. The monoisotopic (exact) mass is 413 g/mol. The van der Waals surface area contributed by atoms with Crippen LogP contribution in [-0.4, -0.2) is 34.1 Å². The summed E-state index contributed by atoms with van der Waals surface area (Å²) in [6, 6.07) is 23.6. The summed E-state index contributed by atoms with van der Waals surface area (Å²) in [5.74, 6) is 1.56. The summed E-state index contributed by atoms with van der Waals surface area (Å²) in [6.07, 6.45) is 3.17. The molecule has 1 fully saturated rings. The summed E-state index contributed by atoms with van der Waals surface area (Å²) >= 11 is 0. The lowest BCUT2D eigenvalue weighted by atomic mass is 9.88. The SMILES string of the molecule is O=C(C(c1ccccc1)c1ccccc1)N1CCC(c2nnc(-c3ccco3)o2)CC1. The van der Waals surface area contributed by atoms with E-state index in [1.165, 1.54) is 0 Å². The van der Waals surface area contributed by atoms with Crippen molar-refractivity contribution in [3.8, 4) is 11.7 Å². The molecule has 0 aliphatic carbocycles. The standard InChI is InChI=1S/C25H23N3O3/c29-25(22(18-8-3-1-4-9-18)19-10-5-2-6-11-19)28-15-13-20(14-16-28)23-26-27-24(31-23)21-12-7-17-30-21/h1-12,17,20,22H,13-16H2. The lowest BCUT2D eigenvalue weighted by molar-refractivity contribution is -0.133. The molecule has 0 radical (unpaired) electrons. The van der Waals surface area contributed by atoms with Crippen LogP contribution in [0.2, 0.25) is 0 Å². The molecule has 0 saturated carbocycles.